The van der Waals surface area contributed by atoms with Gasteiger partial charge in [0.25, 0.3) is 5.91 Å². The normalized spacial score (nSPS) is 14.3. The third kappa shape index (κ3) is 5.85. The molecule has 1 aliphatic rings. The van der Waals surface area contributed by atoms with Crippen LogP contribution in [-0.4, -0.2) is 49.2 Å². The van der Waals surface area contributed by atoms with Crippen molar-refractivity contribution in [2.24, 2.45) is 0 Å². The van der Waals surface area contributed by atoms with Crippen LogP contribution in [0.15, 0.2) is 55.0 Å². The van der Waals surface area contributed by atoms with Crippen molar-refractivity contribution in [3.05, 3.63) is 72.1 Å². The summed E-state index contributed by atoms with van der Waals surface area (Å²) >= 11 is 0. The number of nitrogens with one attached hydrogen (secondary N) is 1. The Bertz CT molecular complexity index is 1240. The first-order valence-electron chi connectivity index (χ1n) is 12.4. The number of carbonyl (C=O) groups is 2. The fourth-order valence-electron chi connectivity index (χ4n) is 4.75. The number of carbonyl (C=O) groups excluding carboxylic acids is 2. The largest absolute Gasteiger partial charge is 0.493 e. The number of nitrogens with zero attached hydrogens (tertiary/aromatic N) is 3. The van der Waals surface area contributed by atoms with Gasteiger partial charge in [0.1, 0.15) is 17.6 Å². The van der Waals surface area contributed by atoms with Gasteiger partial charge in [-0.3, -0.25) is 19.5 Å². The predicted octanol–water partition coefficient (Wildman–Crippen LogP) is 4.48. The zero-order valence-corrected chi connectivity index (χ0v) is 21.6. The van der Waals surface area contributed by atoms with Crippen molar-refractivity contribution < 1.29 is 28.2 Å². The lowest BCUT2D eigenvalue weighted by atomic mass is 9.94. The first-order valence-corrected chi connectivity index (χ1v) is 12.4. The van der Waals surface area contributed by atoms with Gasteiger partial charge in [0.05, 0.1) is 27.5 Å². The van der Waals surface area contributed by atoms with E-state index in [2.05, 4.69) is 15.3 Å². The van der Waals surface area contributed by atoms with Crippen LogP contribution in [0, 0.1) is 5.82 Å². The van der Waals surface area contributed by atoms with E-state index in [1.54, 1.807) is 18.2 Å². The molecule has 1 N–H and O–H groups in total. The maximum atomic E-state index is 14.4. The SMILES string of the molecule is COc1cc(C(C(=O)NC2CCCCC2)N(C(=O)c2cnccn2)c2cccc(F)c2)cc(OC)c1OC. The third-order valence-corrected chi connectivity index (χ3v) is 6.55. The van der Waals surface area contributed by atoms with Crippen LogP contribution in [0.25, 0.3) is 0 Å². The molecule has 1 fully saturated rings. The molecule has 200 valence electrons. The van der Waals surface area contributed by atoms with Gasteiger partial charge in [-0.2, -0.15) is 0 Å². The van der Waals surface area contributed by atoms with E-state index in [0.717, 1.165) is 32.1 Å². The minimum atomic E-state index is -1.22. The zero-order chi connectivity index (χ0) is 27.1. The second kappa shape index (κ2) is 12.4. The Hall–Kier alpha value is -4.21. The number of amides is 2. The maximum Gasteiger partial charge on any atom is 0.279 e. The van der Waals surface area contributed by atoms with E-state index in [1.165, 1.54) is 63.0 Å². The average molecular weight is 523 g/mol. The number of aromatic nitrogens is 2. The number of benzene rings is 2. The second-order valence-electron chi connectivity index (χ2n) is 8.95. The number of halogens is 1. The summed E-state index contributed by atoms with van der Waals surface area (Å²) in [7, 11) is 4.41. The molecular weight excluding hydrogens is 491 g/mol. The standard InChI is InChI=1S/C28H31FN4O5/c1-36-23-14-18(15-24(37-2)26(23)38-3)25(27(34)32-20-9-5-4-6-10-20)33(21-11-7-8-19(29)16-21)28(35)22-17-30-12-13-31-22/h7-8,11-17,20,25H,4-6,9-10H2,1-3H3,(H,32,34). The van der Waals surface area contributed by atoms with Gasteiger partial charge < -0.3 is 19.5 Å². The molecule has 3 aromatic rings. The molecule has 0 aliphatic heterocycles. The Morgan fingerprint density at radius 3 is 2.29 bits per heavy atom. The van der Waals surface area contributed by atoms with E-state index >= 15 is 0 Å². The second-order valence-corrected chi connectivity index (χ2v) is 8.95. The number of rotatable bonds is 9. The van der Waals surface area contributed by atoms with Crippen LogP contribution >= 0.6 is 0 Å². The number of ether oxygens (including phenoxy) is 3. The summed E-state index contributed by atoms with van der Waals surface area (Å²) in [5, 5.41) is 3.12. The van der Waals surface area contributed by atoms with Gasteiger partial charge in [-0.05, 0) is 48.7 Å². The van der Waals surface area contributed by atoms with Crippen molar-refractivity contribution in [1.29, 1.82) is 0 Å². The number of anilines is 1. The Labute approximate surface area is 220 Å². The van der Waals surface area contributed by atoms with Gasteiger partial charge in [-0.1, -0.05) is 25.3 Å². The van der Waals surface area contributed by atoms with Crippen molar-refractivity contribution in [2.75, 3.05) is 26.2 Å². The molecule has 10 heteroatoms. The van der Waals surface area contributed by atoms with Crippen molar-refractivity contribution in [2.45, 2.75) is 44.2 Å². The smallest absolute Gasteiger partial charge is 0.279 e. The molecule has 1 atom stereocenters. The summed E-state index contributed by atoms with van der Waals surface area (Å²) in [5.41, 5.74) is 0.562. The Morgan fingerprint density at radius 1 is 1.00 bits per heavy atom. The monoisotopic (exact) mass is 522 g/mol. The molecule has 0 bridgehead atoms. The molecule has 1 aliphatic carbocycles. The van der Waals surface area contributed by atoms with Gasteiger partial charge >= 0.3 is 0 Å². The van der Waals surface area contributed by atoms with Crippen LogP contribution in [0.3, 0.4) is 0 Å². The summed E-state index contributed by atoms with van der Waals surface area (Å²) in [4.78, 5) is 37.4. The molecule has 0 radical (unpaired) electrons. The average Bonchev–Trinajstić information content (AvgIpc) is 2.95. The lowest BCUT2D eigenvalue weighted by molar-refractivity contribution is -0.123. The topological polar surface area (TPSA) is 103 Å². The van der Waals surface area contributed by atoms with E-state index in [-0.39, 0.29) is 17.4 Å². The number of hydrogen-bond donors (Lipinski definition) is 1. The summed E-state index contributed by atoms with van der Waals surface area (Å²) in [6.45, 7) is 0. The van der Waals surface area contributed by atoms with Crippen molar-refractivity contribution >= 4 is 17.5 Å². The maximum absolute atomic E-state index is 14.4. The minimum Gasteiger partial charge on any atom is -0.493 e. The van der Waals surface area contributed by atoms with Gasteiger partial charge in [0.15, 0.2) is 11.5 Å². The molecule has 0 saturated heterocycles. The molecule has 38 heavy (non-hydrogen) atoms. The van der Waals surface area contributed by atoms with Gasteiger partial charge in [0, 0.05) is 24.1 Å². The minimum absolute atomic E-state index is 0.000306. The molecule has 1 unspecified atom stereocenters. The molecule has 9 nitrogen and oxygen atoms in total. The Kier molecular flexibility index (Phi) is 8.73. The Balaban J connectivity index is 1.90. The Morgan fingerprint density at radius 2 is 1.71 bits per heavy atom. The van der Waals surface area contributed by atoms with Crippen molar-refractivity contribution in [3.8, 4) is 17.2 Å². The quantitative estimate of drug-likeness (QED) is 0.442. The number of methoxy groups -OCH3 is 3. The van der Waals surface area contributed by atoms with Gasteiger partial charge in [-0.15, -0.1) is 0 Å². The van der Waals surface area contributed by atoms with Crippen molar-refractivity contribution in [3.63, 3.8) is 0 Å². The fourth-order valence-corrected chi connectivity index (χ4v) is 4.75. The van der Waals surface area contributed by atoms with Crippen molar-refractivity contribution in [1.82, 2.24) is 15.3 Å². The first kappa shape index (κ1) is 26.8. The molecule has 4 rings (SSSR count). The highest BCUT2D eigenvalue weighted by atomic mass is 19.1. The van der Waals surface area contributed by atoms with Crippen LogP contribution < -0.4 is 24.4 Å². The van der Waals surface area contributed by atoms with E-state index in [9.17, 15) is 14.0 Å². The van der Waals surface area contributed by atoms with Gasteiger partial charge in [0.2, 0.25) is 11.7 Å². The van der Waals surface area contributed by atoms with Crippen LogP contribution in [0.1, 0.15) is 54.2 Å². The molecule has 1 heterocycles. The summed E-state index contributed by atoms with van der Waals surface area (Å²) in [6, 6.07) is 7.48. The fraction of sp³-hybridized carbons (Fsp3) is 0.357. The molecule has 2 amide bonds. The van der Waals surface area contributed by atoms with Gasteiger partial charge in [-0.25, -0.2) is 9.37 Å². The van der Waals surface area contributed by atoms with Crippen LogP contribution in [-0.2, 0) is 4.79 Å². The lowest BCUT2D eigenvalue weighted by Crippen LogP contribution is -2.47. The van der Waals surface area contributed by atoms with E-state index in [1.807, 2.05) is 0 Å². The lowest BCUT2D eigenvalue weighted by Gasteiger charge is -2.33. The summed E-state index contributed by atoms with van der Waals surface area (Å²) < 4.78 is 31.0. The van der Waals surface area contributed by atoms with Crippen LogP contribution in [0.2, 0.25) is 0 Å². The highest BCUT2D eigenvalue weighted by Gasteiger charge is 2.36. The summed E-state index contributed by atoms with van der Waals surface area (Å²) in [6.07, 6.45) is 8.93. The zero-order valence-electron chi connectivity index (χ0n) is 21.6. The predicted molar refractivity (Wildman–Crippen MR) is 139 cm³/mol. The molecule has 2 aromatic carbocycles. The van der Waals surface area contributed by atoms with Crippen LogP contribution in [0.5, 0.6) is 17.2 Å². The highest BCUT2D eigenvalue weighted by molar-refractivity contribution is 6.09. The van der Waals surface area contributed by atoms with E-state index in [0.29, 0.717) is 22.8 Å². The molecule has 0 spiro atoms. The molecule has 1 saturated carbocycles. The van der Waals surface area contributed by atoms with E-state index in [4.69, 9.17) is 14.2 Å². The first-order chi connectivity index (χ1) is 18.5. The summed E-state index contributed by atoms with van der Waals surface area (Å²) in [5.74, 6) is -0.653. The third-order valence-electron chi connectivity index (χ3n) is 6.55. The van der Waals surface area contributed by atoms with Crippen LogP contribution in [0.4, 0.5) is 10.1 Å². The molecule has 1 aromatic heterocycles. The van der Waals surface area contributed by atoms with E-state index < -0.39 is 23.7 Å². The highest BCUT2D eigenvalue weighted by Crippen LogP contribution is 2.42. The molecular formula is C28H31FN4O5. The number of hydrogen-bond acceptors (Lipinski definition) is 7.